The highest BCUT2D eigenvalue weighted by molar-refractivity contribution is 5.85. The van der Waals surface area contributed by atoms with Crippen molar-refractivity contribution in [2.24, 2.45) is 0 Å². The van der Waals surface area contributed by atoms with Crippen LogP contribution in [0.4, 0.5) is 5.69 Å². The smallest absolute Gasteiger partial charge is 0.222 e. The van der Waals surface area contributed by atoms with E-state index in [1.165, 1.54) is 0 Å². The average Bonchev–Trinajstić information content (AvgIpc) is 2.58. The average molecular weight is 349 g/mol. The standard InChI is InChI=1S/C19H24N2O2.ClH/c1-21(14-7-15-23-17-9-3-2-4-10-17)19(22)13-12-16-8-5-6-11-18(16)20;/h2-6,8-11H,7,12-15,20H2,1H3;1H. The molecule has 0 aliphatic carbocycles. The minimum atomic E-state index is 0. The Morgan fingerprint density at radius 2 is 1.75 bits per heavy atom. The summed E-state index contributed by atoms with van der Waals surface area (Å²) in [6.07, 6.45) is 1.96. The van der Waals surface area contributed by atoms with E-state index in [-0.39, 0.29) is 18.3 Å². The van der Waals surface area contributed by atoms with Gasteiger partial charge in [-0.3, -0.25) is 4.79 Å². The lowest BCUT2D eigenvalue weighted by molar-refractivity contribution is -0.129. The number of carbonyl (C=O) groups excluding carboxylic acids is 1. The summed E-state index contributed by atoms with van der Waals surface area (Å²) in [6.45, 7) is 1.29. The van der Waals surface area contributed by atoms with E-state index in [9.17, 15) is 4.79 Å². The minimum Gasteiger partial charge on any atom is -0.494 e. The Bertz CT molecular complexity index is 620. The number of para-hydroxylation sites is 2. The van der Waals surface area contributed by atoms with Gasteiger partial charge in [-0.1, -0.05) is 36.4 Å². The molecule has 0 unspecified atom stereocenters. The molecular weight excluding hydrogens is 324 g/mol. The third-order valence-electron chi connectivity index (χ3n) is 3.74. The van der Waals surface area contributed by atoms with Crippen LogP contribution in [0.5, 0.6) is 5.75 Å². The van der Waals surface area contributed by atoms with E-state index in [1.54, 1.807) is 4.90 Å². The normalized spacial score (nSPS) is 9.88. The highest BCUT2D eigenvalue weighted by Gasteiger charge is 2.09. The molecule has 0 aliphatic rings. The zero-order valence-electron chi connectivity index (χ0n) is 14.0. The molecule has 1 amide bonds. The van der Waals surface area contributed by atoms with Crippen LogP contribution in [0.2, 0.25) is 0 Å². The van der Waals surface area contributed by atoms with Crippen LogP contribution >= 0.6 is 12.4 Å². The molecule has 0 bridgehead atoms. The van der Waals surface area contributed by atoms with E-state index < -0.39 is 0 Å². The maximum Gasteiger partial charge on any atom is 0.222 e. The molecule has 0 heterocycles. The van der Waals surface area contributed by atoms with Crippen molar-refractivity contribution >= 4 is 24.0 Å². The van der Waals surface area contributed by atoms with E-state index in [2.05, 4.69) is 0 Å². The molecule has 24 heavy (non-hydrogen) atoms. The first-order valence-corrected chi connectivity index (χ1v) is 7.92. The molecule has 5 heteroatoms. The van der Waals surface area contributed by atoms with Gasteiger partial charge in [-0.2, -0.15) is 0 Å². The number of aryl methyl sites for hydroxylation is 1. The quantitative estimate of drug-likeness (QED) is 0.586. The third-order valence-corrected chi connectivity index (χ3v) is 3.74. The van der Waals surface area contributed by atoms with Crippen molar-refractivity contribution in [3.8, 4) is 5.75 Å². The van der Waals surface area contributed by atoms with Crippen molar-refractivity contribution in [3.05, 3.63) is 60.2 Å². The van der Waals surface area contributed by atoms with Crippen molar-refractivity contribution < 1.29 is 9.53 Å². The summed E-state index contributed by atoms with van der Waals surface area (Å²) in [5.74, 6) is 0.994. The number of nitrogen functional groups attached to an aromatic ring is 1. The van der Waals surface area contributed by atoms with Gasteiger partial charge in [-0.25, -0.2) is 0 Å². The van der Waals surface area contributed by atoms with Gasteiger partial charge in [0, 0.05) is 25.7 Å². The number of ether oxygens (including phenoxy) is 1. The van der Waals surface area contributed by atoms with E-state index in [4.69, 9.17) is 10.5 Å². The molecule has 130 valence electrons. The summed E-state index contributed by atoms with van der Waals surface area (Å²) in [5, 5.41) is 0. The zero-order chi connectivity index (χ0) is 16.5. The zero-order valence-corrected chi connectivity index (χ0v) is 14.8. The summed E-state index contributed by atoms with van der Waals surface area (Å²) in [4.78, 5) is 13.9. The summed E-state index contributed by atoms with van der Waals surface area (Å²) in [5.41, 5.74) is 7.67. The number of hydrogen-bond donors (Lipinski definition) is 1. The first kappa shape index (κ1) is 19.8. The van der Waals surface area contributed by atoms with Crippen LogP contribution in [0.15, 0.2) is 54.6 Å². The Balaban J connectivity index is 0.00000288. The highest BCUT2D eigenvalue weighted by Crippen LogP contribution is 2.13. The Labute approximate surface area is 150 Å². The predicted molar refractivity (Wildman–Crippen MR) is 101 cm³/mol. The van der Waals surface area contributed by atoms with Crippen LogP contribution in [-0.2, 0) is 11.2 Å². The van der Waals surface area contributed by atoms with Gasteiger partial charge >= 0.3 is 0 Å². The molecule has 0 radical (unpaired) electrons. The maximum absolute atomic E-state index is 12.1. The van der Waals surface area contributed by atoms with Crippen LogP contribution in [0.3, 0.4) is 0 Å². The lowest BCUT2D eigenvalue weighted by Crippen LogP contribution is -2.28. The number of halogens is 1. The molecular formula is C19H25ClN2O2. The largest absolute Gasteiger partial charge is 0.494 e. The molecule has 0 saturated carbocycles. The number of amides is 1. The van der Waals surface area contributed by atoms with Gasteiger partial charge in [0.1, 0.15) is 5.75 Å². The molecule has 4 nitrogen and oxygen atoms in total. The molecule has 2 N–H and O–H groups in total. The number of nitrogens with zero attached hydrogens (tertiary/aromatic N) is 1. The van der Waals surface area contributed by atoms with Crippen LogP contribution in [0.1, 0.15) is 18.4 Å². The molecule has 0 spiro atoms. The maximum atomic E-state index is 12.1. The Kier molecular flexibility index (Phi) is 8.72. The van der Waals surface area contributed by atoms with Crippen molar-refractivity contribution in [1.29, 1.82) is 0 Å². The van der Waals surface area contributed by atoms with Crippen LogP contribution in [-0.4, -0.2) is 31.0 Å². The van der Waals surface area contributed by atoms with Crippen molar-refractivity contribution in [3.63, 3.8) is 0 Å². The molecule has 2 aromatic rings. The van der Waals surface area contributed by atoms with Crippen LogP contribution in [0, 0.1) is 0 Å². The van der Waals surface area contributed by atoms with E-state index in [0.717, 1.165) is 23.4 Å². The minimum absolute atomic E-state index is 0. The number of rotatable bonds is 8. The lowest BCUT2D eigenvalue weighted by atomic mass is 10.1. The summed E-state index contributed by atoms with van der Waals surface area (Å²) in [6, 6.07) is 17.4. The molecule has 0 saturated heterocycles. The Hall–Kier alpha value is -2.20. The molecule has 0 atom stereocenters. The first-order valence-electron chi connectivity index (χ1n) is 7.92. The topological polar surface area (TPSA) is 55.6 Å². The number of anilines is 1. The van der Waals surface area contributed by atoms with Crippen molar-refractivity contribution in [2.45, 2.75) is 19.3 Å². The Morgan fingerprint density at radius 3 is 2.46 bits per heavy atom. The van der Waals surface area contributed by atoms with E-state index >= 15 is 0 Å². The highest BCUT2D eigenvalue weighted by atomic mass is 35.5. The summed E-state index contributed by atoms with van der Waals surface area (Å²) < 4.78 is 5.63. The van der Waals surface area contributed by atoms with Crippen molar-refractivity contribution in [1.82, 2.24) is 4.90 Å². The second kappa shape index (κ2) is 10.6. The van der Waals surface area contributed by atoms with E-state index in [0.29, 0.717) is 26.0 Å². The number of benzene rings is 2. The van der Waals surface area contributed by atoms with Crippen LogP contribution in [0.25, 0.3) is 0 Å². The fraction of sp³-hybridized carbons (Fsp3) is 0.316. The van der Waals surface area contributed by atoms with Crippen molar-refractivity contribution in [2.75, 3.05) is 25.9 Å². The van der Waals surface area contributed by atoms with Gasteiger partial charge in [-0.05, 0) is 36.6 Å². The van der Waals surface area contributed by atoms with Gasteiger partial charge < -0.3 is 15.4 Å². The SMILES string of the molecule is CN(CCCOc1ccccc1)C(=O)CCc1ccccc1N.Cl. The number of nitrogens with two attached hydrogens (primary N) is 1. The van der Waals surface area contributed by atoms with Crippen LogP contribution < -0.4 is 10.5 Å². The van der Waals surface area contributed by atoms with Gasteiger partial charge in [0.2, 0.25) is 5.91 Å². The molecule has 2 aromatic carbocycles. The summed E-state index contributed by atoms with van der Waals surface area (Å²) >= 11 is 0. The monoisotopic (exact) mass is 348 g/mol. The van der Waals surface area contributed by atoms with Gasteiger partial charge in [0.15, 0.2) is 0 Å². The van der Waals surface area contributed by atoms with Gasteiger partial charge in [0.05, 0.1) is 6.61 Å². The first-order chi connectivity index (χ1) is 11.2. The van der Waals surface area contributed by atoms with E-state index in [1.807, 2.05) is 61.6 Å². The second-order valence-electron chi connectivity index (χ2n) is 5.53. The number of hydrogen-bond acceptors (Lipinski definition) is 3. The molecule has 0 fully saturated rings. The summed E-state index contributed by atoms with van der Waals surface area (Å²) in [7, 11) is 1.83. The predicted octanol–water partition coefficient (Wildman–Crippen LogP) is 3.55. The molecule has 0 aliphatic heterocycles. The lowest BCUT2D eigenvalue weighted by Gasteiger charge is -2.17. The second-order valence-corrected chi connectivity index (χ2v) is 5.53. The Morgan fingerprint density at radius 1 is 1.08 bits per heavy atom. The fourth-order valence-electron chi connectivity index (χ4n) is 2.33. The molecule has 0 aromatic heterocycles. The van der Waals surface area contributed by atoms with Gasteiger partial charge in [-0.15, -0.1) is 12.4 Å². The number of carbonyl (C=O) groups is 1. The van der Waals surface area contributed by atoms with Gasteiger partial charge in [0.25, 0.3) is 0 Å². The third kappa shape index (κ3) is 6.50. The molecule has 2 rings (SSSR count). The fourth-order valence-corrected chi connectivity index (χ4v) is 2.33.